The van der Waals surface area contributed by atoms with E-state index in [0.717, 1.165) is 13.0 Å². The first kappa shape index (κ1) is 10.7. The second kappa shape index (κ2) is 6.14. The Bertz CT molecular complexity index is 150. The molecule has 0 amide bonds. The Hall–Kier alpha value is -0.370. The molecular weight excluding hydrogens is 162 g/mol. The van der Waals surface area contributed by atoms with Crippen LogP contribution in [0.3, 0.4) is 0 Å². The molecule has 1 aliphatic carbocycles. The highest BCUT2D eigenvalue weighted by molar-refractivity contribution is 5.80. The summed E-state index contributed by atoms with van der Waals surface area (Å²) in [6.45, 7) is 3.51. The molecule has 0 aromatic rings. The third-order valence-electron chi connectivity index (χ3n) is 2.81. The summed E-state index contributed by atoms with van der Waals surface area (Å²) in [5.74, 6) is 1.09. The maximum Gasteiger partial charge on any atom is 0.146 e. The highest BCUT2D eigenvalue weighted by Gasteiger charge is 2.16. The van der Waals surface area contributed by atoms with Crippen LogP contribution < -0.4 is 5.32 Å². The molecule has 0 saturated heterocycles. The second-order valence-corrected chi connectivity index (χ2v) is 4.03. The first-order valence-electron chi connectivity index (χ1n) is 5.55. The molecule has 0 spiro atoms. The van der Waals surface area contributed by atoms with Gasteiger partial charge in [0.15, 0.2) is 0 Å². The van der Waals surface area contributed by atoms with Crippen molar-refractivity contribution in [2.45, 2.75) is 45.4 Å². The van der Waals surface area contributed by atoms with Gasteiger partial charge >= 0.3 is 0 Å². The molecule has 0 bridgehead atoms. The van der Waals surface area contributed by atoms with Crippen molar-refractivity contribution >= 4 is 5.78 Å². The summed E-state index contributed by atoms with van der Waals surface area (Å²) in [5.41, 5.74) is 0. The van der Waals surface area contributed by atoms with Crippen LogP contribution in [0.1, 0.15) is 45.4 Å². The molecule has 1 rings (SSSR count). The highest BCUT2D eigenvalue weighted by atomic mass is 16.1. The molecule has 0 aliphatic heterocycles. The van der Waals surface area contributed by atoms with Gasteiger partial charge < -0.3 is 5.32 Å². The van der Waals surface area contributed by atoms with Crippen LogP contribution in [-0.2, 0) is 4.79 Å². The van der Waals surface area contributed by atoms with E-state index in [4.69, 9.17) is 0 Å². The maximum atomic E-state index is 11.4. The SMILES string of the molecule is CCNCC(=O)CC1CCCCC1. The van der Waals surface area contributed by atoms with Crippen molar-refractivity contribution < 1.29 is 4.79 Å². The molecule has 13 heavy (non-hydrogen) atoms. The van der Waals surface area contributed by atoms with E-state index in [-0.39, 0.29) is 0 Å². The first-order valence-corrected chi connectivity index (χ1v) is 5.55. The zero-order valence-electron chi connectivity index (χ0n) is 8.64. The summed E-state index contributed by atoms with van der Waals surface area (Å²) in [4.78, 5) is 11.4. The van der Waals surface area contributed by atoms with Gasteiger partial charge in [0.1, 0.15) is 5.78 Å². The van der Waals surface area contributed by atoms with E-state index in [1.54, 1.807) is 0 Å². The Balaban J connectivity index is 2.11. The number of nitrogens with one attached hydrogen (secondary N) is 1. The minimum atomic E-state index is 0.397. The summed E-state index contributed by atoms with van der Waals surface area (Å²) in [7, 11) is 0. The van der Waals surface area contributed by atoms with Crippen molar-refractivity contribution in [1.29, 1.82) is 0 Å². The molecule has 2 heteroatoms. The number of hydrogen-bond donors (Lipinski definition) is 1. The molecule has 0 radical (unpaired) electrons. The molecule has 0 unspecified atom stereocenters. The van der Waals surface area contributed by atoms with Crippen LogP contribution in [0.4, 0.5) is 0 Å². The molecular formula is C11H21NO. The third kappa shape index (κ3) is 4.41. The van der Waals surface area contributed by atoms with Gasteiger partial charge in [-0.1, -0.05) is 39.0 Å². The van der Waals surface area contributed by atoms with Gasteiger partial charge in [0.25, 0.3) is 0 Å². The summed E-state index contributed by atoms with van der Waals surface area (Å²) in [6, 6.07) is 0. The normalized spacial score (nSPS) is 18.8. The lowest BCUT2D eigenvalue weighted by Crippen LogP contribution is -2.24. The van der Waals surface area contributed by atoms with Crippen LogP contribution in [0, 0.1) is 5.92 Å². The fourth-order valence-corrected chi connectivity index (χ4v) is 2.05. The van der Waals surface area contributed by atoms with Crippen LogP contribution in [0.2, 0.25) is 0 Å². The molecule has 1 fully saturated rings. The number of carbonyl (C=O) groups excluding carboxylic acids is 1. The highest BCUT2D eigenvalue weighted by Crippen LogP contribution is 2.26. The Morgan fingerprint density at radius 1 is 1.31 bits per heavy atom. The zero-order chi connectivity index (χ0) is 9.52. The minimum Gasteiger partial charge on any atom is -0.310 e. The van der Waals surface area contributed by atoms with Crippen LogP contribution in [0.5, 0.6) is 0 Å². The lowest BCUT2D eigenvalue weighted by atomic mass is 9.86. The van der Waals surface area contributed by atoms with Crippen molar-refractivity contribution in [2.24, 2.45) is 5.92 Å². The molecule has 0 aromatic heterocycles. The van der Waals surface area contributed by atoms with Gasteiger partial charge in [-0.2, -0.15) is 0 Å². The fourth-order valence-electron chi connectivity index (χ4n) is 2.05. The summed E-state index contributed by atoms with van der Waals surface area (Å²) < 4.78 is 0. The molecule has 2 nitrogen and oxygen atoms in total. The van der Waals surface area contributed by atoms with Crippen molar-refractivity contribution in [2.75, 3.05) is 13.1 Å². The van der Waals surface area contributed by atoms with Gasteiger partial charge in [0, 0.05) is 6.42 Å². The molecule has 1 aliphatic rings. The molecule has 0 atom stereocenters. The van der Waals surface area contributed by atoms with Crippen molar-refractivity contribution in [3.05, 3.63) is 0 Å². The quantitative estimate of drug-likeness (QED) is 0.707. The average Bonchev–Trinajstić information content (AvgIpc) is 2.16. The number of hydrogen-bond acceptors (Lipinski definition) is 2. The minimum absolute atomic E-state index is 0.397. The Labute approximate surface area is 81.1 Å². The van der Waals surface area contributed by atoms with E-state index in [0.29, 0.717) is 18.2 Å². The molecule has 76 valence electrons. The average molecular weight is 183 g/mol. The zero-order valence-corrected chi connectivity index (χ0v) is 8.64. The molecule has 1 N–H and O–H groups in total. The second-order valence-electron chi connectivity index (χ2n) is 4.03. The molecule has 0 heterocycles. The van der Waals surface area contributed by atoms with Gasteiger partial charge in [-0.3, -0.25) is 4.79 Å². The first-order chi connectivity index (χ1) is 6.33. The van der Waals surface area contributed by atoms with Gasteiger partial charge in [-0.05, 0) is 12.5 Å². The van der Waals surface area contributed by atoms with Gasteiger partial charge in [0.2, 0.25) is 0 Å². The number of likely N-dealkylation sites (N-methyl/N-ethyl adjacent to an activating group) is 1. The molecule has 1 saturated carbocycles. The fraction of sp³-hybridized carbons (Fsp3) is 0.909. The summed E-state index contributed by atoms with van der Waals surface area (Å²) in [6.07, 6.45) is 7.40. The van der Waals surface area contributed by atoms with Crippen molar-refractivity contribution in [3.63, 3.8) is 0 Å². The van der Waals surface area contributed by atoms with E-state index < -0.39 is 0 Å². The van der Waals surface area contributed by atoms with Crippen molar-refractivity contribution in [3.8, 4) is 0 Å². The number of carbonyl (C=O) groups is 1. The Kier molecular flexibility index (Phi) is 5.06. The predicted octanol–water partition coefficient (Wildman–Crippen LogP) is 2.14. The number of ketones is 1. The van der Waals surface area contributed by atoms with E-state index in [2.05, 4.69) is 5.32 Å². The Morgan fingerprint density at radius 3 is 2.62 bits per heavy atom. The van der Waals surface area contributed by atoms with E-state index >= 15 is 0 Å². The van der Waals surface area contributed by atoms with Crippen LogP contribution in [0.15, 0.2) is 0 Å². The monoisotopic (exact) mass is 183 g/mol. The Morgan fingerprint density at radius 2 is 2.00 bits per heavy atom. The number of rotatable bonds is 5. The van der Waals surface area contributed by atoms with Crippen LogP contribution in [0.25, 0.3) is 0 Å². The smallest absolute Gasteiger partial charge is 0.146 e. The molecule has 0 aromatic carbocycles. The lowest BCUT2D eigenvalue weighted by Gasteiger charge is -2.20. The number of Topliss-reactive ketones (excluding diaryl/α,β-unsaturated/α-hetero) is 1. The maximum absolute atomic E-state index is 11.4. The van der Waals surface area contributed by atoms with E-state index in [1.807, 2.05) is 6.92 Å². The largest absolute Gasteiger partial charge is 0.310 e. The van der Waals surface area contributed by atoms with Crippen LogP contribution >= 0.6 is 0 Å². The summed E-state index contributed by atoms with van der Waals surface area (Å²) >= 11 is 0. The lowest BCUT2D eigenvalue weighted by molar-refractivity contribution is -0.119. The van der Waals surface area contributed by atoms with Crippen LogP contribution in [-0.4, -0.2) is 18.9 Å². The van der Waals surface area contributed by atoms with Gasteiger partial charge in [-0.15, -0.1) is 0 Å². The topological polar surface area (TPSA) is 29.1 Å². The van der Waals surface area contributed by atoms with E-state index in [9.17, 15) is 4.79 Å². The summed E-state index contributed by atoms with van der Waals surface area (Å²) in [5, 5.41) is 3.09. The van der Waals surface area contributed by atoms with Crippen molar-refractivity contribution in [1.82, 2.24) is 5.32 Å². The third-order valence-corrected chi connectivity index (χ3v) is 2.81. The standard InChI is InChI=1S/C11H21NO/c1-2-12-9-11(13)8-10-6-4-3-5-7-10/h10,12H,2-9H2,1H3. The van der Waals surface area contributed by atoms with Gasteiger partial charge in [-0.25, -0.2) is 0 Å². The van der Waals surface area contributed by atoms with E-state index in [1.165, 1.54) is 32.1 Å². The van der Waals surface area contributed by atoms with Gasteiger partial charge in [0.05, 0.1) is 6.54 Å². The predicted molar refractivity (Wildman–Crippen MR) is 54.7 cm³/mol.